The highest BCUT2D eigenvalue weighted by atomic mass is 32.2. The lowest BCUT2D eigenvalue weighted by Gasteiger charge is -2.12. The fraction of sp³-hybridized carbons (Fsp3) is 0.391. The number of hydrogen-bond donors (Lipinski definition) is 5. The lowest BCUT2D eigenvalue weighted by atomic mass is 10.2. The molecule has 5 N–H and O–H groups in total. The first-order valence-electron chi connectivity index (χ1n) is 11.5. The van der Waals surface area contributed by atoms with Crippen LogP contribution in [0.1, 0.15) is 25.7 Å². The molecule has 1 atom stereocenters. The number of carbonyl (C=O) groups excluding carboxylic acids is 1. The molecule has 0 spiro atoms. The maximum atomic E-state index is 12.7. The first-order valence-corrected chi connectivity index (χ1v) is 12.9. The molecule has 2 amide bonds. The molecule has 4 rings (SSSR count). The molecule has 1 aliphatic rings. The van der Waals surface area contributed by atoms with Crippen molar-refractivity contribution in [2.24, 2.45) is 0 Å². The second-order valence-corrected chi connectivity index (χ2v) is 9.70. The van der Waals surface area contributed by atoms with Gasteiger partial charge in [-0.05, 0) is 62.1 Å². The molecule has 35 heavy (non-hydrogen) atoms. The third-order valence-electron chi connectivity index (χ3n) is 5.46. The van der Waals surface area contributed by atoms with Crippen LogP contribution in [0.5, 0.6) is 5.75 Å². The van der Waals surface area contributed by atoms with Gasteiger partial charge in [0.05, 0.1) is 17.1 Å². The predicted octanol–water partition coefficient (Wildman–Crippen LogP) is 2.82. The van der Waals surface area contributed by atoms with E-state index in [1.165, 1.54) is 24.3 Å². The van der Waals surface area contributed by atoms with Gasteiger partial charge in [-0.25, -0.2) is 9.78 Å². The van der Waals surface area contributed by atoms with Crippen LogP contribution < -0.4 is 20.1 Å². The number of amides is 2. The van der Waals surface area contributed by atoms with Crippen molar-refractivity contribution in [1.29, 1.82) is 0 Å². The van der Waals surface area contributed by atoms with Crippen LogP contribution in [0.2, 0.25) is 0 Å². The van der Waals surface area contributed by atoms with Gasteiger partial charge in [-0.3, -0.25) is 5.32 Å². The lowest BCUT2D eigenvalue weighted by molar-refractivity contribution is 0.120. The van der Waals surface area contributed by atoms with E-state index in [1.54, 1.807) is 18.2 Å². The molecule has 0 radical (unpaired) electrons. The van der Waals surface area contributed by atoms with E-state index in [0.717, 1.165) is 25.1 Å². The Hall–Kier alpha value is -3.35. The molecule has 11 nitrogen and oxygen atoms in total. The van der Waals surface area contributed by atoms with E-state index >= 15 is 0 Å². The minimum Gasteiger partial charge on any atom is -0.396 e. The number of urea groups is 1. The van der Waals surface area contributed by atoms with Crippen LogP contribution >= 0.6 is 0 Å². The molecule has 1 aliphatic heterocycles. The van der Waals surface area contributed by atoms with Crippen molar-refractivity contribution in [2.75, 3.05) is 36.9 Å². The molecule has 1 saturated heterocycles. The zero-order chi connectivity index (χ0) is 24.7. The zero-order valence-corrected chi connectivity index (χ0v) is 19.9. The Labute approximate surface area is 203 Å². The summed E-state index contributed by atoms with van der Waals surface area (Å²) in [5, 5.41) is 17.3. The number of aromatic nitrogens is 2. The van der Waals surface area contributed by atoms with Crippen molar-refractivity contribution in [3.63, 3.8) is 0 Å². The lowest BCUT2D eigenvalue weighted by Crippen LogP contribution is -2.30. The van der Waals surface area contributed by atoms with Crippen LogP contribution in [0.3, 0.4) is 0 Å². The van der Waals surface area contributed by atoms with Crippen LogP contribution in [0.15, 0.2) is 47.4 Å². The van der Waals surface area contributed by atoms with Gasteiger partial charge in [0, 0.05) is 38.1 Å². The van der Waals surface area contributed by atoms with Gasteiger partial charge in [-0.2, -0.15) is 8.42 Å². The fourth-order valence-corrected chi connectivity index (χ4v) is 4.56. The summed E-state index contributed by atoms with van der Waals surface area (Å²) in [7, 11) is -4.04. The van der Waals surface area contributed by atoms with Crippen molar-refractivity contribution in [3.05, 3.63) is 42.5 Å². The molecule has 0 saturated carbocycles. The highest BCUT2D eigenvalue weighted by molar-refractivity contribution is 7.87. The van der Waals surface area contributed by atoms with Crippen LogP contribution in [0.4, 0.5) is 16.4 Å². The maximum absolute atomic E-state index is 12.7. The average Bonchev–Trinajstić information content (AvgIpc) is 3.50. The second-order valence-electron chi connectivity index (χ2n) is 8.15. The number of nitrogens with one attached hydrogen (secondary N) is 4. The van der Waals surface area contributed by atoms with Gasteiger partial charge >= 0.3 is 16.1 Å². The quantitative estimate of drug-likeness (QED) is 0.198. The number of aliphatic hydroxyl groups excluding tert-OH is 1. The van der Waals surface area contributed by atoms with Crippen molar-refractivity contribution < 1.29 is 27.2 Å². The Morgan fingerprint density at radius 1 is 1.20 bits per heavy atom. The minimum atomic E-state index is -4.04. The first kappa shape index (κ1) is 24.8. The summed E-state index contributed by atoms with van der Waals surface area (Å²) in [6, 6.07) is 10.5. The van der Waals surface area contributed by atoms with Gasteiger partial charge in [0.2, 0.25) is 5.95 Å². The van der Waals surface area contributed by atoms with Gasteiger partial charge in [0.25, 0.3) is 0 Å². The van der Waals surface area contributed by atoms with E-state index in [0.29, 0.717) is 37.0 Å². The molecule has 12 heteroatoms. The van der Waals surface area contributed by atoms with E-state index in [9.17, 15) is 13.2 Å². The van der Waals surface area contributed by atoms with E-state index < -0.39 is 16.1 Å². The van der Waals surface area contributed by atoms with E-state index in [2.05, 4.69) is 25.9 Å². The van der Waals surface area contributed by atoms with Crippen LogP contribution in [-0.2, 0) is 14.9 Å². The van der Waals surface area contributed by atoms with Crippen molar-refractivity contribution in [1.82, 2.24) is 15.3 Å². The van der Waals surface area contributed by atoms with Crippen molar-refractivity contribution >= 4 is 38.8 Å². The molecule has 1 unspecified atom stereocenters. The number of carbonyl (C=O) groups is 1. The summed E-state index contributed by atoms with van der Waals surface area (Å²) in [4.78, 5) is 19.2. The number of imidazole rings is 1. The molecule has 3 aromatic rings. The number of fused-ring (bicyclic) bond motifs is 1. The molecular weight excluding hydrogens is 474 g/mol. The summed E-state index contributed by atoms with van der Waals surface area (Å²) in [5.74, 6) is 0.315. The van der Waals surface area contributed by atoms with Gasteiger partial charge < -0.3 is 29.6 Å². The van der Waals surface area contributed by atoms with E-state index in [1.807, 2.05) is 0 Å². The smallest absolute Gasteiger partial charge is 0.339 e. The standard InChI is InChI=1S/C23H29N5O6S/c29-12-2-1-11-24-23(30)28-22-26-20-10-7-17(14-21(20)27-22)34-35(31,32)19-8-5-16(6-9-19)25-15-18-4-3-13-33-18/h5-10,14,18,25,29H,1-4,11-13,15H2,(H3,24,26,27,28,30). The van der Waals surface area contributed by atoms with Crippen LogP contribution in [0.25, 0.3) is 11.0 Å². The molecule has 188 valence electrons. The van der Waals surface area contributed by atoms with Crippen molar-refractivity contribution in [2.45, 2.75) is 36.7 Å². The number of anilines is 2. The number of aromatic amines is 1. The topological polar surface area (TPSA) is 155 Å². The van der Waals surface area contributed by atoms with Crippen LogP contribution in [-0.4, -0.2) is 61.9 Å². The fourth-order valence-electron chi connectivity index (χ4n) is 3.64. The van der Waals surface area contributed by atoms with Gasteiger partial charge in [-0.15, -0.1) is 0 Å². The molecular formula is C23H29N5O6S. The predicted molar refractivity (Wildman–Crippen MR) is 131 cm³/mol. The van der Waals surface area contributed by atoms with Crippen LogP contribution in [0, 0.1) is 0 Å². The molecule has 0 bridgehead atoms. The Kier molecular flexibility index (Phi) is 8.06. The molecule has 0 aliphatic carbocycles. The van der Waals surface area contributed by atoms with Crippen molar-refractivity contribution in [3.8, 4) is 5.75 Å². The Bertz CT molecular complexity index is 1240. The number of nitrogens with zero attached hydrogens (tertiary/aromatic N) is 1. The third-order valence-corrected chi connectivity index (χ3v) is 6.73. The van der Waals surface area contributed by atoms with E-state index in [4.69, 9.17) is 14.0 Å². The number of unbranched alkanes of at least 4 members (excludes halogenated alkanes) is 1. The summed E-state index contributed by atoms with van der Waals surface area (Å²) >= 11 is 0. The summed E-state index contributed by atoms with van der Waals surface area (Å²) in [6.07, 6.45) is 3.52. The Morgan fingerprint density at radius 3 is 2.77 bits per heavy atom. The molecule has 1 aromatic heterocycles. The first-order chi connectivity index (χ1) is 16.9. The average molecular weight is 504 g/mol. The number of ether oxygens (including phenoxy) is 1. The maximum Gasteiger partial charge on any atom is 0.339 e. The SMILES string of the molecule is O=C(NCCCCO)Nc1nc2cc(OS(=O)(=O)c3ccc(NCC4CCCO4)cc3)ccc2[nH]1. The summed E-state index contributed by atoms with van der Waals surface area (Å²) < 4.78 is 36.4. The summed E-state index contributed by atoms with van der Waals surface area (Å²) in [6.45, 7) is 1.96. The normalized spacial score (nSPS) is 15.7. The molecule has 1 fully saturated rings. The second kappa shape index (κ2) is 11.4. The van der Waals surface area contributed by atoms with Gasteiger partial charge in [-0.1, -0.05) is 0 Å². The summed E-state index contributed by atoms with van der Waals surface area (Å²) in [5.41, 5.74) is 1.84. The molecule has 2 aromatic carbocycles. The van der Waals surface area contributed by atoms with Gasteiger partial charge in [0.1, 0.15) is 10.6 Å². The number of rotatable bonds is 11. The highest BCUT2D eigenvalue weighted by Gasteiger charge is 2.18. The number of H-pyrrole nitrogens is 1. The highest BCUT2D eigenvalue weighted by Crippen LogP contribution is 2.25. The number of hydrogen-bond acceptors (Lipinski definition) is 8. The monoisotopic (exact) mass is 503 g/mol. The molecule has 2 heterocycles. The Balaban J connectivity index is 1.35. The number of benzene rings is 2. The Morgan fingerprint density at radius 2 is 2.03 bits per heavy atom. The largest absolute Gasteiger partial charge is 0.396 e. The minimum absolute atomic E-state index is 0.0301. The third kappa shape index (κ3) is 6.84. The number of aliphatic hydroxyl groups is 1. The zero-order valence-electron chi connectivity index (χ0n) is 19.1. The van der Waals surface area contributed by atoms with E-state index in [-0.39, 0.29) is 29.3 Å². The van der Waals surface area contributed by atoms with Gasteiger partial charge in [0.15, 0.2) is 0 Å².